The number of aliphatic hydroxyl groups excluding tert-OH is 2. The van der Waals surface area contributed by atoms with Crippen LogP contribution in [-0.2, 0) is 32.7 Å². The maximum Gasteiger partial charge on any atom is 0.472 e. The van der Waals surface area contributed by atoms with E-state index in [1.807, 2.05) is 12.2 Å². The maximum absolute atomic E-state index is 12.5. The normalized spacial score (nSPS) is 14.5. The molecule has 0 heterocycles. The summed E-state index contributed by atoms with van der Waals surface area (Å²) in [5, 5.41) is 18.3. The average Bonchev–Trinajstić information content (AvgIpc) is 3.13. The summed E-state index contributed by atoms with van der Waals surface area (Å²) in [6.45, 7) is 2.27. The van der Waals surface area contributed by atoms with E-state index in [-0.39, 0.29) is 19.4 Å². The molecule has 0 saturated heterocycles. The Kier molecular flexibility index (Phi) is 35.8. The van der Waals surface area contributed by atoms with E-state index in [0.717, 1.165) is 44.9 Å². The standard InChI is InChI=1S/C41H73O10P/c1-3-5-7-9-11-13-15-17-18-19-20-21-23-25-27-29-31-33-41(45)51-39(37-50-52(46,47)49-35-38(43)34-42)36-48-40(44)32-30-28-26-24-22-16-14-12-10-8-6-4-2/h11,13,17-18,20-21,25,27,38-39,42-43H,3-10,12,14-16,19,22-24,26,28-37H2,1-2H3,(H,46,47)/b13-11+,18-17+,21-20+,27-25+/t38-,39+/m0/s1. The van der Waals surface area contributed by atoms with Crippen molar-refractivity contribution in [1.29, 1.82) is 0 Å². The van der Waals surface area contributed by atoms with E-state index in [0.29, 0.717) is 19.3 Å². The summed E-state index contributed by atoms with van der Waals surface area (Å²) in [6, 6.07) is 0. The fourth-order valence-corrected chi connectivity index (χ4v) is 5.89. The third kappa shape index (κ3) is 36.3. The summed E-state index contributed by atoms with van der Waals surface area (Å²) in [7, 11) is -4.63. The predicted molar refractivity (Wildman–Crippen MR) is 210 cm³/mol. The van der Waals surface area contributed by atoms with E-state index in [9.17, 15) is 24.2 Å². The van der Waals surface area contributed by atoms with E-state index in [4.69, 9.17) is 19.1 Å². The van der Waals surface area contributed by atoms with Crippen LogP contribution in [0, 0.1) is 0 Å². The summed E-state index contributed by atoms with van der Waals surface area (Å²) in [5.41, 5.74) is 0. The van der Waals surface area contributed by atoms with Gasteiger partial charge in [-0.25, -0.2) is 4.57 Å². The maximum atomic E-state index is 12.5. The second-order valence-corrected chi connectivity index (χ2v) is 14.8. The van der Waals surface area contributed by atoms with Crippen LogP contribution in [0.15, 0.2) is 48.6 Å². The molecule has 0 aliphatic heterocycles. The molecule has 0 rings (SSSR count). The highest BCUT2D eigenvalue weighted by atomic mass is 31.2. The van der Waals surface area contributed by atoms with Crippen LogP contribution >= 0.6 is 7.82 Å². The minimum absolute atomic E-state index is 0.108. The quantitative estimate of drug-likeness (QED) is 0.0242. The summed E-state index contributed by atoms with van der Waals surface area (Å²) in [4.78, 5) is 34.8. The van der Waals surface area contributed by atoms with E-state index in [2.05, 4.69) is 54.8 Å². The Morgan fingerprint density at radius 2 is 1.02 bits per heavy atom. The number of ether oxygens (including phenoxy) is 2. The first-order valence-electron chi connectivity index (χ1n) is 20.1. The Morgan fingerprint density at radius 3 is 1.56 bits per heavy atom. The molecule has 0 aromatic heterocycles. The third-order valence-electron chi connectivity index (χ3n) is 8.24. The molecule has 0 aliphatic rings. The number of esters is 2. The first-order valence-corrected chi connectivity index (χ1v) is 21.6. The number of carbonyl (C=O) groups is 2. The minimum Gasteiger partial charge on any atom is -0.462 e. The monoisotopic (exact) mass is 756 g/mol. The predicted octanol–water partition coefficient (Wildman–Crippen LogP) is 10.2. The van der Waals surface area contributed by atoms with Crippen LogP contribution in [0.25, 0.3) is 0 Å². The van der Waals surface area contributed by atoms with Crippen molar-refractivity contribution in [3.8, 4) is 0 Å². The number of aliphatic hydroxyl groups is 2. The number of unbranched alkanes of at least 4 members (excludes halogenated alkanes) is 15. The zero-order chi connectivity index (χ0) is 38.4. The molecule has 0 bridgehead atoms. The van der Waals surface area contributed by atoms with Gasteiger partial charge in [-0.15, -0.1) is 0 Å². The van der Waals surface area contributed by atoms with Gasteiger partial charge in [-0.2, -0.15) is 0 Å². The lowest BCUT2D eigenvalue weighted by atomic mass is 10.0. The van der Waals surface area contributed by atoms with Gasteiger partial charge in [0.15, 0.2) is 6.10 Å². The van der Waals surface area contributed by atoms with Crippen molar-refractivity contribution in [2.45, 2.75) is 174 Å². The van der Waals surface area contributed by atoms with Crippen LogP contribution in [0.1, 0.15) is 162 Å². The number of allylic oxidation sites excluding steroid dienone is 8. The molecule has 11 heteroatoms. The van der Waals surface area contributed by atoms with Gasteiger partial charge in [0.1, 0.15) is 12.7 Å². The summed E-state index contributed by atoms with van der Waals surface area (Å²) in [5.74, 6) is -0.992. The van der Waals surface area contributed by atoms with Gasteiger partial charge >= 0.3 is 19.8 Å². The van der Waals surface area contributed by atoms with Crippen molar-refractivity contribution >= 4 is 19.8 Å². The van der Waals surface area contributed by atoms with E-state index >= 15 is 0 Å². The largest absolute Gasteiger partial charge is 0.472 e. The van der Waals surface area contributed by atoms with Gasteiger partial charge in [0.05, 0.1) is 19.8 Å². The van der Waals surface area contributed by atoms with Crippen molar-refractivity contribution in [2.24, 2.45) is 0 Å². The molecule has 0 aliphatic carbocycles. The minimum atomic E-state index is -4.63. The van der Waals surface area contributed by atoms with Gasteiger partial charge in [0, 0.05) is 12.8 Å². The smallest absolute Gasteiger partial charge is 0.462 e. The highest BCUT2D eigenvalue weighted by Gasteiger charge is 2.27. The Hall–Kier alpha value is -2.07. The Bertz CT molecular complexity index is 1010. The second kappa shape index (κ2) is 37.3. The van der Waals surface area contributed by atoms with Crippen LogP contribution < -0.4 is 0 Å². The average molecular weight is 757 g/mol. The molecule has 0 fully saturated rings. The van der Waals surface area contributed by atoms with Gasteiger partial charge < -0.3 is 24.6 Å². The van der Waals surface area contributed by atoms with Crippen molar-refractivity contribution in [2.75, 3.05) is 26.4 Å². The molecule has 0 spiro atoms. The molecule has 10 nitrogen and oxygen atoms in total. The first-order chi connectivity index (χ1) is 25.2. The van der Waals surface area contributed by atoms with Crippen molar-refractivity contribution in [3.05, 3.63) is 48.6 Å². The van der Waals surface area contributed by atoms with Crippen LogP contribution in [0.5, 0.6) is 0 Å². The van der Waals surface area contributed by atoms with Crippen molar-refractivity contribution in [1.82, 2.24) is 0 Å². The van der Waals surface area contributed by atoms with E-state index in [1.165, 1.54) is 70.6 Å². The van der Waals surface area contributed by atoms with E-state index in [1.54, 1.807) is 0 Å². The molecular formula is C41H73O10P. The van der Waals surface area contributed by atoms with Gasteiger partial charge in [0.2, 0.25) is 0 Å². The molecule has 0 radical (unpaired) electrons. The van der Waals surface area contributed by atoms with Gasteiger partial charge in [-0.1, -0.05) is 146 Å². The van der Waals surface area contributed by atoms with Crippen LogP contribution in [-0.4, -0.2) is 65.7 Å². The Morgan fingerprint density at radius 1 is 0.577 bits per heavy atom. The summed E-state index contributed by atoms with van der Waals surface area (Å²) >= 11 is 0. The number of phosphoric acid groups is 1. The molecule has 0 amide bonds. The molecule has 0 aromatic carbocycles. The number of phosphoric ester groups is 1. The first kappa shape index (κ1) is 49.9. The number of rotatable bonds is 37. The molecule has 1 unspecified atom stereocenters. The third-order valence-corrected chi connectivity index (χ3v) is 9.19. The summed E-state index contributed by atoms with van der Waals surface area (Å²) in [6.07, 6.45) is 38.0. The van der Waals surface area contributed by atoms with Gasteiger partial charge in [-0.3, -0.25) is 18.6 Å². The SMILES string of the molecule is CCCCC/C=C/C/C=C/C/C=C/C/C=C/CCCC(=O)O[C@H](COC(=O)CCCCCCCCCCCCCC)COP(=O)(O)OC[C@@H](O)CO. The Balaban J connectivity index is 4.45. The topological polar surface area (TPSA) is 149 Å². The molecular weight excluding hydrogens is 683 g/mol. The fourth-order valence-electron chi connectivity index (χ4n) is 5.10. The lowest BCUT2D eigenvalue weighted by Gasteiger charge is -2.20. The lowest BCUT2D eigenvalue weighted by Crippen LogP contribution is -2.29. The lowest BCUT2D eigenvalue weighted by molar-refractivity contribution is -0.161. The Labute approximate surface area is 315 Å². The number of hydrogen-bond donors (Lipinski definition) is 3. The van der Waals surface area contributed by atoms with Crippen LogP contribution in [0.3, 0.4) is 0 Å². The zero-order valence-corrected chi connectivity index (χ0v) is 33.4. The van der Waals surface area contributed by atoms with Crippen LogP contribution in [0.2, 0.25) is 0 Å². The van der Waals surface area contributed by atoms with Crippen molar-refractivity contribution < 1.29 is 47.8 Å². The fraction of sp³-hybridized carbons (Fsp3) is 0.756. The number of hydrogen-bond acceptors (Lipinski definition) is 9. The van der Waals surface area contributed by atoms with E-state index < -0.39 is 51.8 Å². The zero-order valence-electron chi connectivity index (χ0n) is 32.5. The molecule has 3 atom stereocenters. The molecule has 3 N–H and O–H groups in total. The molecule has 0 aromatic rings. The molecule has 52 heavy (non-hydrogen) atoms. The highest BCUT2D eigenvalue weighted by Crippen LogP contribution is 2.43. The van der Waals surface area contributed by atoms with Gasteiger partial charge in [0.25, 0.3) is 0 Å². The molecule has 0 saturated carbocycles. The van der Waals surface area contributed by atoms with Gasteiger partial charge in [-0.05, 0) is 51.4 Å². The van der Waals surface area contributed by atoms with Crippen LogP contribution in [0.4, 0.5) is 0 Å². The summed E-state index contributed by atoms with van der Waals surface area (Å²) < 4.78 is 32.6. The number of carbonyl (C=O) groups excluding carboxylic acids is 2. The van der Waals surface area contributed by atoms with Crippen molar-refractivity contribution in [3.63, 3.8) is 0 Å². The molecule has 302 valence electrons. The second-order valence-electron chi connectivity index (χ2n) is 13.3. The highest BCUT2D eigenvalue weighted by molar-refractivity contribution is 7.47.